The number of fused-ring (bicyclic) bond motifs is 1. The fraction of sp³-hybridized carbons (Fsp3) is 0.200. The van der Waals surface area contributed by atoms with Crippen LogP contribution in [0.4, 0.5) is 5.69 Å². The van der Waals surface area contributed by atoms with Crippen LogP contribution in [0.15, 0.2) is 24.3 Å². The van der Waals surface area contributed by atoms with Crippen LogP contribution in [-0.4, -0.2) is 22.4 Å². The summed E-state index contributed by atoms with van der Waals surface area (Å²) in [4.78, 5) is 22.9. The maximum Gasteiger partial charge on any atom is 0.264 e. The van der Waals surface area contributed by atoms with Crippen LogP contribution in [0.3, 0.4) is 0 Å². The summed E-state index contributed by atoms with van der Waals surface area (Å²) in [6, 6.07) is 6.60. The molecule has 1 heterocycles. The first-order valence-corrected chi connectivity index (χ1v) is 4.21. The number of nitrogens with one attached hydrogen (secondary N) is 1. The zero-order valence-corrected chi connectivity index (χ0v) is 7.57. The fourth-order valence-electron chi connectivity index (χ4n) is 1.40. The molecule has 0 spiro atoms. The van der Waals surface area contributed by atoms with Gasteiger partial charge < -0.3 is 10.4 Å². The van der Waals surface area contributed by atoms with E-state index in [1.54, 1.807) is 24.3 Å². The number of anilines is 1. The zero-order chi connectivity index (χ0) is 10.3. The van der Waals surface area contributed by atoms with E-state index in [1.807, 2.05) is 0 Å². The normalized spacial score (nSPS) is 25.6. The Labute approximate surface area is 80.6 Å². The monoisotopic (exact) mass is 191 g/mol. The molecular formula is C10H9NO3. The van der Waals surface area contributed by atoms with E-state index >= 15 is 0 Å². The second-order valence-corrected chi connectivity index (χ2v) is 3.40. The Bertz CT molecular complexity index is 423. The van der Waals surface area contributed by atoms with Gasteiger partial charge in [-0.25, -0.2) is 0 Å². The van der Waals surface area contributed by atoms with E-state index in [1.165, 1.54) is 6.92 Å². The van der Waals surface area contributed by atoms with Crippen LogP contribution in [0.1, 0.15) is 17.3 Å². The van der Waals surface area contributed by atoms with Gasteiger partial charge in [-0.2, -0.15) is 0 Å². The molecule has 0 aliphatic carbocycles. The number of carbonyl (C=O) groups is 2. The summed E-state index contributed by atoms with van der Waals surface area (Å²) in [6.07, 6.45) is 0. The Kier molecular flexibility index (Phi) is 1.69. The van der Waals surface area contributed by atoms with Crippen molar-refractivity contribution in [3.8, 4) is 0 Å². The minimum atomic E-state index is -1.95. The van der Waals surface area contributed by atoms with Gasteiger partial charge in [0.2, 0.25) is 11.4 Å². The highest BCUT2D eigenvalue weighted by molar-refractivity contribution is 6.25. The predicted octanol–water partition coefficient (Wildman–Crippen LogP) is 0.572. The number of hydrogen-bond donors (Lipinski definition) is 2. The number of ketones is 1. The molecule has 1 aromatic rings. The van der Waals surface area contributed by atoms with Gasteiger partial charge in [0.15, 0.2) is 0 Å². The third-order valence-electron chi connectivity index (χ3n) is 2.30. The predicted molar refractivity (Wildman–Crippen MR) is 50.0 cm³/mol. The van der Waals surface area contributed by atoms with E-state index in [0.29, 0.717) is 11.3 Å². The van der Waals surface area contributed by atoms with Crippen LogP contribution >= 0.6 is 0 Å². The summed E-state index contributed by atoms with van der Waals surface area (Å²) < 4.78 is 0. The molecule has 14 heavy (non-hydrogen) atoms. The lowest BCUT2D eigenvalue weighted by Crippen LogP contribution is -2.50. The lowest BCUT2D eigenvalue weighted by atomic mass is 9.89. The average Bonchev–Trinajstić information content (AvgIpc) is 2.15. The van der Waals surface area contributed by atoms with Crippen molar-refractivity contribution in [2.45, 2.75) is 12.5 Å². The molecule has 0 aromatic heterocycles. The summed E-state index contributed by atoms with van der Waals surface area (Å²) in [5.74, 6) is -1.24. The Morgan fingerprint density at radius 3 is 2.64 bits per heavy atom. The summed E-state index contributed by atoms with van der Waals surface area (Å²) in [7, 11) is 0. The van der Waals surface area contributed by atoms with Crippen molar-refractivity contribution in [2.75, 3.05) is 5.32 Å². The van der Waals surface area contributed by atoms with E-state index < -0.39 is 17.3 Å². The molecule has 4 nitrogen and oxygen atoms in total. The molecule has 1 atom stereocenters. The molecule has 0 fully saturated rings. The molecule has 2 N–H and O–H groups in total. The maximum atomic E-state index is 11.6. The highest BCUT2D eigenvalue weighted by Gasteiger charge is 2.43. The van der Waals surface area contributed by atoms with Gasteiger partial charge in [-0.05, 0) is 19.1 Å². The number of Topliss-reactive ketones (excluding diaryl/α,β-unsaturated/α-hetero) is 1. The average molecular weight is 191 g/mol. The van der Waals surface area contributed by atoms with Crippen molar-refractivity contribution in [3.05, 3.63) is 29.8 Å². The number of aliphatic hydroxyl groups is 1. The highest BCUT2D eigenvalue weighted by Crippen LogP contribution is 2.27. The standard InChI is InChI=1S/C10H9NO3/c1-10(14)8(12)6-4-2-3-5-7(6)11-9(10)13/h2-5,14H,1H3,(H,11,13)/t10-/m1/s1. The molecule has 2 rings (SSSR count). The summed E-state index contributed by atoms with van der Waals surface area (Å²) in [6.45, 7) is 1.20. The minimum absolute atomic E-state index is 0.345. The SMILES string of the molecule is C[C@]1(O)C(=O)Nc2ccccc2C1=O. The van der Waals surface area contributed by atoms with E-state index in [-0.39, 0.29) is 0 Å². The quantitative estimate of drug-likeness (QED) is 0.589. The van der Waals surface area contributed by atoms with Crippen molar-refractivity contribution >= 4 is 17.4 Å². The van der Waals surface area contributed by atoms with E-state index in [4.69, 9.17) is 0 Å². The van der Waals surface area contributed by atoms with Gasteiger partial charge in [0.05, 0.1) is 5.69 Å². The molecule has 0 unspecified atom stereocenters. The van der Waals surface area contributed by atoms with Crippen molar-refractivity contribution in [3.63, 3.8) is 0 Å². The number of benzene rings is 1. The van der Waals surface area contributed by atoms with Crippen molar-refractivity contribution in [2.24, 2.45) is 0 Å². The zero-order valence-electron chi connectivity index (χ0n) is 7.57. The van der Waals surface area contributed by atoms with Crippen LogP contribution in [0.2, 0.25) is 0 Å². The Hall–Kier alpha value is -1.68. The molecule has 1 aliphatic rings. The van der Waals surface area contributed by atoms with Gasteiger partial charge in [-0.1, -0.05) is 12.1 Å². The number of hydrogen-bond acceptors (Lipinski definition) is 3. The third-order valence-corrected chi connectivity index (χ3v) is 2.30. The molecule has 1 amide bonds. The van der Waals surface area contributed by atoms with Crippen LogP contribution < -0.4 is 5.32 Å². The molecule has 72 valence electrons. The van der Waals surface area contributed by atoms with E-state index in [0.717, 1.165) is 0 Å². The van der Waals surface area contributed by atoms with Crippen LogP contribution in [0.25, 0.3) is 0 Å². The van der Waals surface area contributed by atoms with Crippen LogP contribution in [0.5, 0.6) is 0 Å². The second-order valence-electron chi connectivity index (χ2n) is 3.40. The van der Waals surface area contributed by atoms with Gasteiger partial charge >= 0.3 is 0 Å². The first-order valence-electron chi connectivity index (χ1n) is 4.21. The van der Waals surface area contributed by atoms with Gasteiger partial charge in [0.1, 0.15) is 0 Å². The van der Waals surface area contributed by atoms with Gasteiger partial charge in [0, 0.05) is 5.56 Å². The summed E-state index contributed by atoms with van der Waals surface area (Å²) >= 11 is 0. The molecule has 0 bridgehead atoms. The lowest BCUT2D eigenvalue weighted by molar-refractivity contribution is -0.128. The van der Waals surface area contributed by atoms with E-state index in [2.05, 4.69) is 5.32 Å². The number of para-hydroxylation sites is 1. The molecule has 0 radical (unpaired) electrons. The fourth-order valence-corrected chi connectivity index (χ4v) is 1.40. The second kappa shape index (κ2) is 2.65. The lowest BCUT2D eigenvalue weighted by Gasteiger charge is -2.27. The molecule has 0 saturated heterocycles. The molecular weight excluding hydrogens is 182 g/mol. The molecule has 0 saturated carbocycles. The molecule has 1 aromatic carbocycles. The molecule has 4 heteroatoms. The van der Waals surface area contributed by atoms with Gasteiger partial charge in [-0.3, -0.25) is 9.59 Å². The van der Waals surface area contributed by atoms with E-state index in [9.17, 15) is 14.7 Å². The first-order chi connectivity index (χ1) is 6.53. The Morgan fingerprint density at radius 1 is 1.29 bits per heavy atom. The summed E-state index contributed by atoms with van der Waals surface area (Å²) in [5, 5.41) is 12.1. The smallest absolute Gasteiger partial charge is 0.264 e. The number of rotatable bonds is 0. The largest absolute Gasteiger partial charge is 0.373 e. The summed E-state index contributed by atoms with van der Waals surface area (Å²) in [5.41, 5.74) is -1.15. The number of carbonyl (C=O) groups excluding carboxylic acids is 2. The minimum Gasteiger partial charge on any atom is -0.373 e. The molecule has 1 aliphatic heterocycles. The topological polar surface area (TPSA) is 66.4 Å². The van der Waals surface area contributed by atoms with Gasteiger partial charge in [0.25, 0.3) is 5.91 Å². The highest BCUT2D eigenvalue weighted by atomic mass is 16.3. The maximum absolute atomic E-state index is 11.6. The van der Waals surface area contributed by atoms with Crippen molar-refractivity contribution < 1.29 is 14.7 Å². The van der Waals surface area contributed by atoms with Crippen LogP contribution in [-0.2, 0) is 4.79 Å². The Morgan fingerprint density at radius 2 is 1.93 bits per heavy atom. The first kappa shape index (κ1) is 8.90. The third kappa shape index (κ3) is 1.04. The van der Waals surface area contributed by atoms with Gasteiger partial charge in [-0.15, -0.1) is 0 Å². The number of amides is 1. The van der Waals surface area contributed by atoms with Crippen molar-refractivity contribution in [1.29, 1.82) is 0 Å². The van der Waals surface area contributed by atoms with Crippen LogP contribution in [0, 0.1) is 0 Å². The Balaban J connectivity index is 2.61. The van der Waals surface area contributed by atoms with Crippen molar-refractivity contribution in [1.82, 2.24) is 0 Å².